The summed E-state index contributed by atoms with van der Waals surface area (Å²) in [4.78, 5) is 28.9. The average molecular weight is 467 g/mol. The highest BCUT2D eigenvalue weighted by Crippen LogP contribution is 2.31. The van der Waals surface area contributed by atoms with Crippen molar-refractivity contribution in [1.29, 1.82) is 0 Å². The molecule has 158 valence electrons. The first-order valence-corrected chi connectivity index (χ1v) is 12.3. The lowest BCUT2D eigenvalue weighted by Gasteiger charge is -2.09. The Morgan fingerprint density at radius 3 is 2.67 bits per heavy atom. The van der Waals surface area contributed by atoms with E-state index in [0.717, 1.165) is 22.2 Å². The van der Waals surface area contributed by atoms with Crippen LogP contribution in [-0.2, 0) is 9.84 Å². The second kappa shape index (κ2) is 8.90. The zero-order valence-corrected chi connectivity index (χ0v) is 18.5. The minimum atomic E-state index is -3.55. The van der Waals surface area contributed by atoms with E-state index in [1.807, 2.05) is 17.5 Å². The van der Waals surface area contributed by atoms with Gasteiger partial charge in [0, 0.05) is 25.4 Å². The van der Waals surface area contributed by atoms with Gasteiger partial charge in [0.15, 0.2) is 9.84 Å². The molecule has 0 atom stereocenters. The van der Waals surface area contributed by atoms with Crippen molar-refractivity contribution in [3.05, 3.63) is 56.4 Å². The molecule has 1 amide bonds. The van der Waals surface area contributed by atoms with Crippen LogP contribution < -0.4 is 10.6 Å². The van der Waals surface area contributed by atoms with E-state index in [9.17, 15) is 23.3 Å². The van der Waals surface area contributed by atoms with Crippen LogP contribution in [-0.4, -0.2) is 43.6 Å². The smallest absolute Gasteiger partial charge is 0.293 e. The molecule has 12 heteroatoms. The molecule has 0 radical (unpaired) electrons. The molecule has 2 aromatic heterocycles. The van der Waals surface area contributed by atoms with E-state index >= 15 is 0 Å². The summed E-state index contributed by atoms with van der Waals surface area (Å²) in [6.07, 6.45) is 0.986. The Morgan fingerprint density at radius 1 is 1.27 bits per heavy atom. The molecular formula is C18H18N4O5S3. The van der Waals surface area contributed by atoms with Crippen LogP contribution in [0.15, 0.2) is 40.6 Å². The summed E-state index contributed by atoms with van der Waals surface area (Å²) < 4.78 is 23.2. The number of aromatic nitrogens is 1. The number of sulfone groups is 1. The van der Waals surface area contributed by atoms with Gasteiger partial charge in [-0.3, -0.25) is 14.9 Å². The molecule has 1 aromatic carbocycles. The van der Waals surface area contributed by atoms with Crippen molar-refractivity contribution in [3.8, 4) is 9.88 Å². The van der Waals surface area contributed by atoms with E-state index in [1.165, 1.54) is 23.5 Å². The van der Waals surface area contributed by atoms with Crippen molar-refractivity contribution < 1.29 is 18.1 Å². The molecule has 0 bridgehead atoms. The molecule has 3 rings (SSSR count). The molecule has 0 spiro atoms. The Balaban J connectivity index is 1.61. The highest BCUT2D eigenvalue weighted by molar-refractivity contribution is 7.90. The maximum absolute atomic E-state index is 12.4. The molecule has 0 unspecified atom stereocenters. The lowest BCUT2D eigenvalue weighted by Crippen LogP contribution is -2.28. The van der Waals surface area contributed by atoms with Crippen LogP contribution in [0, 0.1) is 17.0 Å². The summed E-state index contributed by atoms with van der Waals surface area (Å²) in [5.74, 6) is -0.267. The number of thiazole rings is 1. The fourth-order valence-corrected chi connectivity index (χ4v) is 5.03. The van der Waals surface area contributed by atoms with Gasteiger partial charge in [0.1, 0.15) is 15.6 Å². The third-order valence-electron chi connectivity index (χ3n) is 4.05. The van der Waals surface area contributed by atoms with Crippen LogP contribution in [0.4, 0.5) is 11.4 Å². The van der Waals surface area contributed by atoms with Gasteiger partial charge in [0.2, 0.25) is 0 Å². The van der Waals surface area contributed by atoms with Crippen LogP contribution in [0.25, 0.3) is 9.88 Å². The molecule has 3 aromatic rings. The van der Waals surface area contributed by atoms with Gasteiger partial charge in [-0.15, -0.1) is 22.7 Å². The van der Waals surface area contributed by atoms with Gasteiger partial charge in [-0.1, -0.05) is 6.07 Å². The number of carbonyl (C=O) groups excluding carboxylic acids is 1. The second-order valence-electron chi connectivity index (χ2n) is 6.30. The fraction of sp³-hybridized carbons (Fsp3) is 0.222. The maximum atomic E-state index is 12.4. The number of benzene rings is 1. The topological polar surface area (TPSA) is 131 Å². The number of thiophene rings is 1. The van der Waals surface area contributed by atoms with Crippen molar-refractivity contribution in [1.82, 2.24) is 10.3 Å². The number of hydrogen-bond acceptors (Lipinski definition) is 9. The Bertz CT molecular complexity index is 1190. The SMILES string of the molecule is Cc1nc(-c2cccs2)sc1C(=O)NCCNc1ccc(S(C)(=O)=O)cc1[N+](=O)[O-]. The number of anilines is 1. The van der Waals surface area contributed by atoms with Crippen molar-refractivity contribution in [2.45, 2.75) is 11.8 Å². The third-order valence-corrected chi connectivity index (χ3v) is 7.36. The molecule has 0 saturated heterocycles. The van der Waals surface area contributed by atoms with Crippen LogP contribution in [0.1, 0.15) is 15.4 Å². The number of amides is 1. The minimum Gasteiger partial charge on any atom is -0.378 e. The standard InChI is InChI=1S/C18H18N4O5S3/c1-11-16(29-18(21-11)15-4-3-9-28-15)17(23)20-8-7-19-13-6-5-12(30(2,26)27)10-14(13)22(24)25/h3-6,9-10,19H,7-8H2,1-2H3,(H,20,23). The summed E-state index contributed by atoms with van der Waals surface area (Å²) in [7, 11) is -3.55. The molecule has 30 heavy (non-hydrogen) atoms. The molecular weight excluding hydrogens is 448 g/mol. The maximum Gasteiger partial charge on any atom is 0.293 e. The zero-order chi connectivity index (χ0) is 21.9. The van der Waals surface area contributed by atoms with Gasteiger partial charge in [0.25, 0.3) is 11.6 Å². The lowest BCUT2D eigenvalue weighted by atomic mass is 10.2. The number of nitro benzene ring substituents is 1. The van der Waals surface area contributed by atoms with E-state index in [1.54, 1.807) is 18.3 Å². The van der Waals surface area contributed by atoms with Gasteiger partial charge in [-0.25, -0.2) is 13.4 Å². The molecule has 0 saturated carbocycles. The molecule has 0 aliphatic rings. The van der Waals surface area contributed by atoms with Crippen LogP contribution in [0.2, 0.25) is 0 Å². The summed E-state index contributed by atoms with van der Waals surface area (Å²) >= 11 is 2.86. The van der Waals surface area contributed by atoms with Gasteiger partial charge in [0.05, 0.1) is 20.4 Å². The van der Waals surface area contributed by atoms with Crippen molar-refractivity contribution >= 4 is 49.8 Å². The quantitative estimate of drug-likeness (QED) is 0.296. The van der Waals surface area contributed by atoms with Gasteiger partial charge >= 0.3 is 0 Å². The van der Waals surface area contributed by atoms with Crippen LogP contribution in [0.3, 0.4) is 0 Å². The van der Waals surface area contributed by atoms with Crippen LogP contribution >= 0.6 is 22.7 Å². The normalized spacial score (nSPS) is 11.3. The molecule has 2 heterocycles. The first kappa shape index (κ1) is 21.9. The predicted molar refractivity (Wildman–Crippen MR) is 117 cm³/mol. The Kier molecular flexibility index (Phi) is 6.48. The lowest BCUT2D eigenvalue weighted by molar-refractivity contribution is -0.384. The number of nitrogens with zero attached hydrogens (tertiary/aromatic N) is 2. The zero-order valence-electron chi connectivity index (χ0n) is 16.0. The fourth-order valence-electron chi connectivity index (χ4n) is 2.61. The Labute approximate surface area is 180 Å². The van der Waals surface area contributed by atoms with E-state index in [2.05, 4.69) is 15.6 Å². The van der Waals surface area contributed by atoms with Gasteiger partial charge < -0.3 is 10.6 Å². The highest BCUT2D eigenvalue weighted by atomic mass is 32.2. The first-order valence-electron chi connectivity index (χ1n) is 8.68. The molecule has 9 nitrogen and oxygen atoms in total. The molecule has 0 aliphatic carbocycles. The van der Waals surface area contributed by atoms with E-state index in [4.69, 9.17) is 0 Å². The summed E-state index contributed by atoms with van der Waals surface area (Å²) in [5.41, 5.74) is 0.472. The molecule has 0 aliphatic heterocycles. The predicted octanol–water partition coefficient (Wildman–Crippen LogP) is 3.33. The van der Waals surface area contributed by atoms with Crippen molar-refractivity contribution in [3.63, 3.8) is 0 Å². The van der Waals surface area contributed by atoms with E-state index < -0.39 is 14.8 Å². The monoisotopic (exact) mass is 466 g/mol. The van der Waals surface area contributed by atoms with Gasteiger partial charge in [-0.05, 0) is 30.5 Å². The number of aryl methyl sites for hydroxylation is 1. The van der Waals surface area contributed by atoms with Gasteiger partial charge in [-0.2, -0.15) is 0 Å². The minimum absolute atomic E-state index is 0.129. The number of rotatable bonds is 8. The number of nitro groups is 1. The second-order valence-corrected chi connectivity index (χ2v) is 10.3. The Hall–Kier alpha value is -2.83. The molecule has 0 fully saturated rings. The summed E-state index contributed by atoms with van der Waals surface area (Å²) in [6, 6.07) is 7.52. The number of hydrogen-bond donors (Lipinski definition) is 2. The molecule has 2 N–H and O–H groups in total. The summed E-state index contributed by atoms with van der Waals surface area (Å²) in [5, 5.41) is 19.6. The highest BCUT2D eigenvalue weighted by Gasteiger charge is 2.19. The van der Waals surface area contributed by atoms with Crippen LogP contribution in [0.5, 0.6) is 0 Å². The van der Waals surface area contributed by atoms with E-state index in [-0.39, 0.29) is 35.3 Å². The Morgan fingerprint density at radius 2 is 2.03 bits per heavy atom. The summed E-state index contributed by atoms with van der Waals surface area (Å²) in [6.45, 7) is 2.21. The van der Waals surface area contributed by atoms with E-state index in [0.29, 0.717) is 10.6 Å². The number of nitrogens with one attached hydrogen (secondary N) is 2. The largest absolute Gasteiger partial charge is 0.378 e. The first-order chi connectivity index (χ1) is 14.2. The third kappa shape index (κ3) is 5.01. The number of carbonyl (C=O) groups is 1. The average Bonchev–Trinajstić information content (AvgIpc) is 3.33. The van der Waals surface area contributed by atoms with Crippen molar-refractivity contribution in [2.24, 2.45) is 0 Å². The van der Waals surface area contributed by atoms with Crippen molar-refractivity contribution in [2.75, 3.05) is 24.7 Å².